The molecule has 0 aliphatic carbocycles. The SMILES string of the molecule is CN1C(=O)CC2C(c3ccccc3)N1C2(C)C. The Balaban J connectivity index is 1.98. The van der Waals surface area contributed by atoms with Gasteiger partial charge in [-0.3, -0.25) is 9.80 Å². The molecule has 17 heavy (non-hydrogen) atoms. The fourth-order valence-electron chi connectivity index (χ4n) is 3.40. The van der Waals surface area contributed by atoms with Gasteiger partial charge in [-0.15, -0.1) is 0 Å². The Morgan fingerprint density at radius 2 is 1.88 bits per heavy atom. The second kappa shape index (κ2) is 3.33. The van der Waals surface area contributed by atoms with Crippen LogP contribution in [0.4, 0.5) is 0 Å². The van der Waals surface area contributed by atoms with Crippen molar-refractivity contribution in [3.63, 3.8) is 0 Å². The van der Waals surface area contributed by atoms with E-state index in [-0.39, 0.29) is 11.4 Å². The number of carbonyl (C=O) groups is 1. The van der Waals surface area contributed by atoms with Crippen LogP contribution in [0.15, 0.2) is 30.3 Å². The van der Waals surface area contributed by atoms with Gasteiger partial charge in [-0.2, -0.15) is 0 Å². The molecule has 3 unspecified atom stereocenters. The molecule has 1 aromatic carbocycles. The minimum atomic E-state index is 0.100. The lowest BCUT2D eigenvalue weighted by Gasteiger charge is -2.67. The third kappa shape index (κ3) is 1.29. The van der Waals surface area contributed by atoms with Crippen LogP contribution in [-0.2, 0) is 4.79 Å². The summed E-state index contributed by atoms with van der Waals surface area (Å²) in [5.74, 6) is 0.676. The summed E-state index contributed by atoms with van der Waals surface area (Å²) >= 11 is 0. The summed E-state index contributed by atoms with van der Waals surface area (Å²) in [6.07, 6.45) is 0.666. The highest BCUT2D eigenvalue weighted by atomic mass is 16.2. The molecule has 3 aliphatic rings. The fraction of sp³-hybridized carbons (Fsp3) is 0.500. The summed E-state index contributed by atoms with van der Waals surface area (Å²) in [5, 5.41) is 4.02. The Morgan fingerprint density at radius 1 is 1.24 bits per heavy atom. The topological polar surface area (TPSA) is 23.6 Å². The van der Waals surface area contributed by atoms with Gasteiger partial charge in [-0.25, -0.2) is 5.01 Å². The van der Waals surface area contributed by atoms with Gasteiger partial charge in [0.1, 0.15) is 0 Å². The zero-order valence-electron chi connectivity index (χ0n) is 10.6. The van der Waals surface area contributed by atoms with Gasteiger partial charge in [-0.1, -0.05) is 30.3 Å². The van der Waals surface area contributed by atoms with Gasteiger partial charge in [-0.05, 0) is 19.4 Å². The molecule has 0 spiro atoms. The molecular weight excluding hydrogens is 212 g/mol. The van der Waals surface area contributed by atoms with Crippen LogP contribution in [-0.4, -0.2) is 28.5 Å². The van der Waals surface area contributed by atoms with Crippen LogP contribution in [0, 0.1) is 5.92 Å². The van der Waals surface area contributed by atoms with Crippen molar-refractivity contribution in [2.75, 3.05) is 7.05 Å². The van der Waals surface area contributed by atoms with E-state index in [1.807, 2.05) is 13.1 Å². The van der Waals surface area contributed by atoms with Crippen LogP contribution in [0.2, 0.25) is 0 Å². The molecular formula is C14H18N2O. The van der Waals surface area contributed by atoms with E-state index in [4.69, 9.17) is 0 Å². The van der Waals surface area contributed by atoms with Crippen molar-refractivity contribution in [2.45, 2.75) is 31.8 Å². The average Bonchev–Trinajstić information content (AvgIpc) is 2.32. The Kier molecular flexibility index (Phi) is 2.11. The molecule has 3 fully saturated rings. The second-order valence-corrected chi connectivity index (χ2v) is 5.58. The molecule has 3 heteroatoms. The number of fused-ring (bicyclic) bond motifs is 2. The van der Waals surface area contributed by atoms with Crippen molar-refractivity contribution >= 4 is 5.91 Å². The monoisotopic (exact) mass is 230 g/mol. The molecule has 1 amide bonds. The van der Waals surface area contributed by atoms with E-state index in [2.05, 4.69) is 43.1 Å². The number of rotatable bonds is 1. The zero-order chi connectivity index (χ0) is 12.2. The number of hydrogen-bond acceptors (Lipinski definition) is 2. The molecule has 3 saturated heterocycles. The largest absolute Gasteiger partial charge is 0.277 e. The smallest absolute Gasteiger partial charge is 0.237 e. The number of benzene rings is 1. The van der Waals surface area contributed by atoms with Crippen LogP contribution in [0.1, 0.15) is 31.9 Å². The van der Waals surface area contributed by atoms with Gasteiger partial charge in [0, 0.05) is 24.9 Å². The number of amides is 1. The number of hydrazine groups is 1. The van der Waals surface area contributed by atoms with E-state index in [0.717, 1.165) is 0 Å². The van der Waals surface area contributed by atoms with Gasteiger partial charge < -0.3 is 0 Å². The lowest BCUT2D eigenvalue weighted by Crippen LogP contribution is -2.75. The Labute approximate surface area is 102 Å². The maximum Gasteiger partial charge on any atom is 0.237 e. The van der Waals surface area contributed by atoms with Crippen LogP contribution in [0.25, 0.3) is 0 Å². The van der Waals surface area contributed by atoms with E-state index in [1.54, 1.807) is 5.01 Å². The van der Waals surface area contributed by atoms with E-state index >= 15 is 0 Å². The summed E-state index contributed by atoms with van der Waals surface area (Å²) in [4.78, 5) is 11.8. The summed E-state index contributed by atoms with van der Waals surface area (Å²) in [6, 6.07) is 10.9. The minimum Gasteiger partial charge on any atom is -0.277 e. The van der Waals surface area contributed by atoms with E-state index < -0.39 is 0 Å². The normalized spacial score (nSPS) is 34.4. The van der Waals surface area contributed by atoms with Crippen molar-refractivity contribution in [3.8, 4) is 0 Å². The van der Waals surface area contributed by atoms with Crippen LogP contribution >= 0.6 is 0 Å². The van der Waals surface area contributed by atoms with Crippen molar-refractivity contribution in [2.24, 2.45) is 5.92 Å². The molecule has 3 aliphatic heterocycles. The molecule has 4 rings (SSSR count). The molecule has 0 aromatic heterocycles. The molecule has 0 N–H and O–H groups in total. The van der Waals surface area contributed by atoms with Gasteiger partial charge in [0.25, 0.3) is 0 Å². The molecule has 0 radical (unpaired) electrons. The Bertz CT molecular complexity index is 455. The van der Waals surface area contributed by atoms with Crippen molar-refractivity contribution in [3.05, 3.63) is 35.9 Å². The van der Waals surface area contributed by atoms with Crippen LogP contribution < -0.4 is 0 Å². The minimum absolute atomic E-state index is 0.100. The number of carbonyl (C=O) groups excluding carboxylic acids is 1. The van der Waals surface area contributed by atoms with Crippen LogP contribution in [0.3, 0.4) is 0 Å². The Morgan fingerprint density at radius 3 is 2.47 bits per heavy atom. The molecule has 2 bridgehead atoms. The highest BCUT2D eigenvalue weighted by Gasteiger charge is 2.61. The summed E-state index contributed by atoms with van der Waals surface area (Å²) in [5.41, 5.74) is 1.42. The number of nitrogens with zero attached hydrogens (tertiary/aromatic N) is 2. The first-order chi connectivity index (χ1) is 8.03. The molecule has 1 aromatic rings. The lowest BCUT2D eigenvalue weighted by atomic mass is 9.65. The van der Waals surface area contributed by atoms with Crippen molar-refractivity contribution < 1.29 is 4.79 Å². The van der Waals surface area contributed by atoms with Crippen LogP contribution in [0.5, 0.6) is 0 Å². The van der Waals surface area contributed by atoms with Gasteiger partial charge in [0.15, 0.2) is 0 Å². The standard InChI is InChI=1S/C14H18N2O/c1-14(2)11-9-12(17)15(3)16(14)13(11)10-7-5-4-6-8-10/h4-8,11,13H,9H2,1-3H3. The highest BCUT2D eigenvalue weighted by molar-refractivity contribution is 5.78. The maximum atomic E-state index is 11.8. The molecule has 0 saturated carbocycles. The number of hydrogen-bond donors (Lipinski definition) is 0. The average molecular weight is 230 g/mol. The molecule has 3 heterocycles. The fourth-order valence-corrected chi connectivity index (χ4v) is 3.40. The predicted molar refractivity (Wildman–Crippen MR) is 66.0 cm³/mol. The zero-order valence-corrected chi connectivity index (χ0v) is 10.6. The molecule has 3 atom stereocenters. The third-order valence-electron chi connectivity index (χ3n) is 4.36. The molecule has 90 valence electrons. The van der Waals surface area contributed by atoms with Gasteiger partial charge in [0.05, 0.1) is 6.04 Å². The Hall–Kier alpha value is -1.35. The first-order valence-electron chi connectivity index (χ1n) is 6.14. The van der Waals surface area contributed by atoms with E-state index in [0.29, 0.717) is 18.4 Å². The maximum absolute atomic E-state index is 11.8. The van der Waals surface area contributed by atoms with Crippen molar-refractivity contribution in [1.82, 2.24) is 10.0 Å². The first-order valence-corrected chi connectivity index (χ1v) is 6.14. The van der Waals surface area contributed by atoms with Gasteiger partial charge in [0.2, 0.25) is 5.91 Å². The summed E-state index contributed by atoms with van der Waals surface area (Å²) in [7, 11) is 1.88. The van der Waals surface area contributed by atoms with E-state index in [9.17, 15) is 4.79 Å². The first kappa shape index (κ1) is 10.8. The second-order valence-electron chi connectivity index (χ2n) is 5.58. The third-order valence-corrected chi connectivity index (χ3v) is 4.36. The summed E-state index contributed by atoms with van der Waals surface area (Å²) < 4.78 is 0. The predicted octanol–water partition coefficient (Wildman–Crippen LogP) is 2.22. The molecule has 3 nitrogen and oxygen atoms in total. The highest BCUT2D eigenvalue weighted by Crippen LogP contribution is 2.56. The van der Waals surface area contributed by atoms with Gasteiger partial charge >= 0.3 is 0 Å². The quantitative estimate of drug-likeness (QED) is 0.738. The summed E-state index contributed by atoms with van der Waals surface area (Å²) in [6.45, 7) is 4.44. The van der Waals surface area contributed by atoms with E-state index in [1.165, 1.54) is 5.56 Å². The van der Waals surface area contributed by atoms with Crippen molar-refractivity contribution in [1.29, 1.82) is 0 Å². The lowest BCUT2D eigenvalue weighted by molar-refractivity contribution is -0.263.